The molecule has 0 spiro atoms. The van der Waals surface area contributed by atoms with Crippen molar-refractivity contribution in [3.63, 3.8) is 0 Å². The maximum Gasteiger partial charge on any atom is 0.261 e. The molecule has 1 N–H and O–H groups in total. The fourth-order valence-corrected chi connectivity index (χ4v) is 4.31. The average Bonchev–Trinajstić information content (AvgIpc) is 2.75. The minimum atomic E-state index is -0.894. The Morgan fingerprint density at radius 3 is 2.57 bits per heavy atom. The SMILES string of the molecule is COc1ccc(CN2CCC(O)(Cn3cnc4ccccc4c3=O)CC2)c(C)c1C. The van der Waals surface area contributed by atoms with Crippen molar-refractivity contribution in [3.05, 3.63) is 69.8 Å². The number of hydrogen-bond donors (Lipinski definition) is 1. The molecule has 6 heteroatoms. The fourth-order valence-electron chi connectivity index (χ4n) is 4.31. The summed E-state index contributed by atoms with van der Waals surface area (Å²) >= 11 is 0. The van der Waals surface area contributed by atoms with Crippen molar-refractivity contribution in [2.24, 2.45) is 0 Å². The number of nitrogens with zero attached hydrogens (tertiary/aromatic N) is 3. The van der Waals surface area contributed by atoms with Gasteiger partial charge in [-0.1, -0.05) is 18.2 Å². The molecule has 0 radical (unpaired) electrons. The minimum Gasteiger partial charge on any atom is -0.496 e. The summed E-state index contributed by atoms with van der Waals surface area (Å²) in [5.74, 6) is 0.915. The van der Waals surface area contributed by atoms with E-state index in [9.17, 15) is 9.90 Å². The van der Waals surface area contributed by atoms with Gasteiger partial charge in [0.05, 0.1) is 36.5 Å². The van der Waals surface area contributed by atoms with E-state index < -0.39 is 5.60 Å². The van der Waals surface area contributed by atoms with Crippen LogP contribution in [0.25, 0.3) is 10.9 Å². The van der Waals surface area contributed by atoms with E-state index in [0.29, 0.717) is 23.7 Å². The minimum absolute atomic E-state index is 0.0965. The van der Waals surface area contributed by atoms with Crippen LogP contribution in [0.15, 0.2) is 47.5 Å². The van der Waals surface area contributed by atoms with Crippen LogP contribution in [0.4, 0.5) is 0 Å². The Balaban J connectivity index is 1.43. The molecule has 0 unspecified atom stereocenters. The molecule has 3 aromatic rings. The Bertz CT molecular complexity index is 1110. The summed E-state index contributed by atoms with van der Waals surface area (Å²) in [6, 6.07) is 11.5. The van der Waals surface area contributed by atoms with Crippen molar-refractivity contribution in [2.75, 3.05) is 20.2 Å². The van der Waals surface area contributed by atoms with Crippen LogP contribution >= 0.6 is 0 Å². The third-order valence-electron chi connectivity index (χ3n) is 6.45. The highest BCUT2D eigenvalue weighted by molar-refractivity contribution is 5.76. The van der Waals surface area contributed by atoms with Crippen LogP contribution in [0.3, 0.4) is 0 Å². The summed E-state index contributed by atoms with van der Waals surface area (Å²) in [7, 11) is 1.70. The first kappa shape index (κ1) is 20.6. The van der Waals surface area contributed by atoms with E-state index >= 15 is 0 Å². The first-order chi connectivity index (χ1) is 14.4. The normalized spacial score (nSPS) is 16.7. The van der Waals surface area contributed by atoms with Crippen LogP contribution in [-0.2, 0) is 13.1 Å². The Kier molecular flexibility index (Phi) is 5.62. The van der Waals surface area contributed by atoms with Gasteiger partial charge in [-0.2, -0.15) is 0 Å². The fraction of sp³-hybridized carbons (Fsp3) is 0.417. The van der Waals surface area contributed by atoms with Crippen LogP contribution < -0.4 is 10.3 Å². The zero-order valence-electron chi connectivity index (χ0n) is 17.9. The maximum absolute atomic E-state index is 12.8. The van der Waals surface area contributed by atoms with Crippen molar-refractivity contribution in [3.8, 4) is 5.75 Å². The van der Waals surface area contributed by atoms with Gasteiger partial charge < -0.3 is 9.84 Å². The molecule has 0 bridgehead atoms. The summed E-state index contributed by atoms with van der Waals surface area (Å²) in [6.07, 6.45) is 2.80. The highest BCUT2D eigenvalue weighted by Crippen LogP contribution is 2.28. The van der Waals surface area contributed by atoms with E-state index in [4.69, 9.17) is 4.74 Å². The van der Waals surface area contributed by atoms with E-state index in [0.717, 1.165) is 25.4 Å². The lowest BCUT2D eigenvalue weighted by Crippen LogP contribution is -2.47. The monoisotopic (exact) mass is 407 g/mol. The highest BCUT2D eigenvalue weighted by atomic mass is 16.5. The Morgan fingerprint density at radius 1 is 1.10 bits per heavy atom. The van der Waals surface area contributed by atoms with Gasteiger partial charge in [0, 0.05) is 19.6 Å². The number of ether oxygens (including phenoxy) is 1. The molecule has 1 fully saturated rings. The van der Waals surface area contributed by atoms with Gasteiger partial charge in [0.2, 0.25) is 0 Å². The molecular formula is C24H29N3O3. The van der Waals surface area contributed by atoms with Crippen LogP contribution in [0, 0.1) is 13.8 Å². The molecule has 2 heterocycles. The van der Waals surface area contributed by atoms with E-state index in [-0.39, 0.29) is 12.1 Å². The summed E-state index contributed by atoms with van der Waals surface area (Å²) < 4.78 is 6.96. The van der Waals surface area contributed by atoms with E-state index in [2.05, 4.69) is 29.8 Å². The number of piperidine rings is 1. The van der Waals surface area contributed by atoms with Crippen LogP contribution in [-0.4, -0.2) is 45.4 Å². The zero-order chi connectivity index (χ0) is 21.3. The standard InChI is InChI=1S/C24H29N3O3/c1-17-18(2)22(30-3)9-8-19(17)14-26-12-10-24(29,11-13-26)15-27-16-25-21-7-5-4-6-20(21)23(27)28/h4-9,16,29H,10-15H2,1-3H3. The Hall–Kier alpha value is -2.70. The predicted octanol–water partition coefficient (Wildman–Crippen LogP) is 3.05. The molecule has 2 aromatic carbocycles. The molecule has 30 heavy (non-hydrogen) atoms. The van der Waals surface area contributed by atoms with E-state index in [1.807, 2.05) is 24.3 Å². The molecule has 0 amide bonds. The molecule has 0 atom stereocenters. The molecule has 1 saturated heterocycles. The first-order valence-corrected chi connectivity index (χ1v) is 10.4. The van der Waals surface area contributed by atoms with Crippen LogP contribution in [0.5, 0.6) is 5.75 Å². The number of benzene rings is 2. The number of rotatable bonds is 5. The van der Waals surface area contributed by atoms with Gasteiger partial charge in [-0.3, -0.25) is 14.3 Å². The molecule has 1 aliphatic heterocycles. The second-order valence-electron chi connectivity index (χ2n) is 8.37. The van der Waals surface area contributed by atoms with Gasteiger partial charge in [-0.15, -0.1) is 0 Å². The van der Waals surface area contributed by atoms with Crippen molar-refractivity contribution in [2.45, 2.75) is 45.4 Å². The number of methoxy groups -OCH3 is 1. The average molecular weight is 408 g/mol. The number of fused-ring (bicyclic) bond motifs is 1. The number of aliphatic hydroxyl groups is 1. The lowest BCUT2D eigenvalue weighted by atomic mass is 9.90. The lowest BCUT2D eigenvalue weighted by Gasteiger charge is -2.38. The lowest BCUT2D eigenvalue weighted by molar-refractivity contribution is -0.0365. The topological polar surface area (TPSA) is 67.6 Å². The second-order valence-corrected chi connectivity index (χ2v) is 8.37. The van der Waals surface area contributed by atoms with E-state index in [1.165, 1.54) is 16.7 Å². The predicted molar refractivity (Wildman–Crippen MR) is 118 cm³/mol. The summed E-state index contributed by atoms with van der Waals surface area (Å²) in [4.78, 5) is 19.5. The summed E-state index contributed by atoms with van der Waals surface area (Å²) in [5, 5.41) is 11.7. The van der Waals surface area contributed by atoms with Gasteiger partial charge in [-0.25, -0.2) is 4.98 Å². The van der Waals surface area contributed by atoms with Crippen molar-refractivity contribution < 1.29 is 9.84 Å². The van der Waals surface area contributed by atoms with Crippen molar-refractivity contribution in [1.29, 1.82) is 0 Å². The largest absolute Gasteiger partial charge is 0.496 e. The van der Waals surface area contributed by atoms with Gasteiger partial charge in [0.15, 0.2) is 0 Å². The number of likely N-dealkylation sites (tertiary alicyclic amines) is 1. The first-order valence-electron chi connectivity index (χ1n) is 10.4. The van der Waals surface area contributed by atoms with Crippen molar-refractivity contribution in [1.82, 2.24) is 14.5 Å². The molecule has 1 aromatic heterocycles. The molecule has 6 nitrogen and oxygen atoms in total. The van der Waals surface area contributed by atoms with Gasteiger partial charge >= 0.3 is 0 Å². The Labute approximate surface area is 176 Å². The number of aromatic nitrogens is 2. The second kappa shape index (κ2) is 8.20. The molecule has 4 rings (SSSR count). The third-order valence-corrected chi connectivity index (χ3v) is 6.45. The molecule has 0 saturated carbocycles. The summed E-state index contributed by atoms with van der Waals surface area (Å²) in [5.41, 5.74) is 3.41. The summed E-state index contributed by atoms with van der Waals surface area (Å²) in [6.45, 7) is 6.92. The molecule has 1 aliphatic rings. The quantitative estimate of drug-likeness (QED) is 0.704. The third kappa shape index (κ3) is 3.98. The molecular weight excluding hydrogens is 378 g/mol. The van der Waals surface area contributed by atoms with Gasteiger partial charge in [-0.05, 0) is 61.6 Å². The van der Waals surface area contributed by atoms with Gasteiger partial charge in [0.1, 0.15) is 5.75 Å². The molecule has 158 valence electrons. The number of para-hydroxylation sites is 1. The van der Waals surface area contributed by atoms with Crippen molar-refractivity contribution >= 4 is 10.9 Å². The maximum atomic E-state index is 12.8. The van der Waals surface area contributed by atoms with Crippen LogP contribution in [0.2, 0.25) is 0 Å². The van der Waals surface area contributed by atoms with Gasteiger partial charge in [0.25, 0.3) is 5.56 Å². The Morgan fingerprint density at radius 2 is 1.83 bits per heavy atom. The smallest absolute Gasteiger partial charge is 0.261 e. The van der Waals surface area contributed by atoms with E-state index in [1.54, 1.807) is 24.1 Å². The highest BCUT2D eigenvalue weighted by Gasteiger charge is 2.33. The zero-order valence-corrected chi connectivity index (χ0v) is 17.9. The molecule has 0 aliphatic carbocycles. The van der Waals surface area contributed by atoms with Crippen LogP contribution in [0.1, 0.15) is 29.5 Å². The number of hydrogen-bond acceptors (Lipinski definition) is 5.